The summed E-state index contributed by atoms with van der Waals surface area (Å²) in [6.07, 6.45) is 5.40. The molecule has 2 aliphatic rings. The maximum absolute atomic E-state index is 13.0. The van der Waals surface area contributed by atoms with E-state index in [1.54, 1.807) is 12.1 Å². The third kappa shape index (κ3) is 5.22. The number of likely N-dealkylation sites (tertiary alicyclic amines) is 1. The molecule has 1 heterocycles. The average Bonchev–Trinajstić information content (AvgIpc) is 3.31. The molecule has 0 aromatic heterocycles. The number of hydrogen-bond donors (Lipinski definition) is 1. The number of benzene rings is 1. The topological polar surface area (TPSA) is 15.3 Å². The summed E-state index contributed by atoms with van der Waals surface area (Å²) in [5, 5.41) is 3.73. The van der Waals surface area contributed by atoms with Gasteiger partial charge >= 0.3 is 0 Å². The predicted octanol–water partition coefficient (Wildman–Crippen LogP) is 3.82. The smallest absolute Gasteiger partial charge is 0.123 e. The molecule has 124 valence electrons. The highest BCUT2D eigenvalue weighted by Crippen LogP contribution is 2.28. The van der Waals surface area contributed by atoms with E-state index >= 15 is 0 Å². The van der Waals surface area contributed by atoms with Gasteiger partial charge in [0.25, 0.3) is 0 Å². The minimum atomic E-state index is -0.145. The highest BCUT2D eigenvalue weighted by molar-refractivity contribution is 5.85. The van der Waals surface area contributed by atoms with Crippen molar-refractivity contribution in [1.29, 1.82) is 0 Å². The van der Waals surface area contributed by atoms with Gasteiger partial charge in [0, 0.05) is 12.6 Å². The van der Waals surface area contributed by atoms with Crippen LogP contribution in [0.15, 0.2) is 24.3 Å². The molecule has 1 saturated carbocycles. The number of hydrogen-bond acceptors (Lipinski definition) is 2. The highest BCUT2D eigenvalue weighted by atomic mass is 35.5. The third-order valence-electron chi connectivity index (χ3n) is 4.95. The van der Waals surface area contributed by atoms with Crippen molar-refractivity contribution in [2.45, 2.75) is 44.6 Å². The average molecular weight is 327 g/mol. The van der Waals surface area contributed by atoms with Crippen LogP contribution in [-0.2, 0) is 0 Å². The molecule has 22 heavy (non-hydrogen) atoms. The fourth-order valence-electron chi connectivity index (χ4n) is 3.26. The molecule has 0 bridgehead atoms. The largest absolute Gasteiger partial charge is 0.314 e. The van der Waals surface area contributed by atoms with Crippen LogP contribution in [0.4, 0.5) is 4.39 Å². The summed E-state index contributed by atoms with van der Waals surface area (Å²) < 4.78 is 13.0. The molecule has 0 radical (unpaired) electrons. The van der Waals surface area contributed by atoms with Gasteiger partial charge in [-0.25, -0.2) is 4.39 Å². The molecule has 1 saturated heterocycles. The van der Waals surface area contributed by atoms with Crippen LogP contribution in [0.25, 0.3) is 0 Å². The lowest BCUT2D eigenvalue weighted by Crippen LogP contribution is -2.44. The number of piperidine rings is 1. The molecule has 4 heteroatoms. The number of nitrogens with one attached hydrogen (secondary N) is 1. The molecular weight excluding hydrogens is 299 g/mol. The summed E-state index contributed by atoms with van der Waals surface area (Å²) in [6, 6.07) is 7.70. The molecular formula is C18H28ClFN2. The van der Waals surface area contributed by atoms with Crippen molar-refractivity contribution in [2.75, 3.05) is 26.2 Å². The zero-order valence-electron chi connectivity index (χ0n) is 13.4. The van der Waals surface area contributed by atoms with Gasteiger partial charge < -0.3 is 10.2 Å². The van der Waals surface area contributed by atoms with Crippen LogP contribution in [0.3, 0.4) is 0 Å². The quantitative estimate of drug-likeness (QED) is 0.855. The Balaban J connectivity index is 0.00000176. The summed E-state index contributed by atoms with van der Waals surface area (Å²) >= 11 is 0. The summed E-state index contributed by atoms with van der Waals surface area (Å²) in [5.74, 6) is 1.30. The van der Waals surface area contributed by atoms with Crippen LogP contribution in [0.2, 0.25) is 0 Å². The standard InChI is InChI=1S/C18H27FN2.ClH/c1-14(16-4-6-17(19)7-5-16)13-21-10-8-18(9-11-21)20-12-15-2-3-15;/h4-7,14-15,18,20H,2-3,8-13H2,1H3;1H. The van der Waals surface area contributed by atoms with E-state index in [0.29, 0.717) is 5.92 Å². The Morgan fingerprint density at radius 1 is 1.14 bits per heavy atom. The fraction of sp³-hybridized carbons (Fsp3) is 0.667. The molecule has 1 atom stereocenters. The minimum Gasteiger partial charge on any atom is -0.314 e. The molecule has 2 fully saturated rings. The van der Waals surface area contributed by atoms with Crippen LogP contribution >= 0.6 is 12.4 Å². The first-order valence-electron chi connectivity index (χ1n) is 8.42. The van der Waals surface area contributed by atoms with Crippen LogP contribution in [0.1, 0.15) is 44.1 Å². The second-order valence-corrected chi connectivity index (χ2v) is 6.88. The first-order chi connectivity index (χ1) is 10.2. The molecule has 1 aliphatic heterocycles. The van der Waals surface area contributed by atoms with E-state index in [1.165, 1.54) is 50.9 Å². The second-order valence-electron chi connectivity index (χ2n) is 6.88. The molecule has 1 unspecified atom stereocenters. The van der Waals surface area contributed by atoms with Gasteiger partial charge in [0.15, 0.2) is 0 Å². The minimum absolute atomic E-state index is 0. The van der Waals surface area contributed by atoms with E-state index in [2.05, 4.69) is 17.1 Å². The van der Waals surface area contributed by atoms with Crippen molar-refractivity contribution in [3.8, 4) is 0 Å². The van der Waals surface area contributed by atoms with Gasteiger partial charge in [0.1, 0.15) is 5.82 Å². The molecule has 1 aromatic rings. The van der Waals surface area contributed by atoms with Crippen molar-refractivity contribution in [3.05, 3.63) is 35.6 Å². The molecule has 0 spiro atoms. The number of nitrogens with zero attached hydrogens (tertiary/aromatic N) is 1. The normalized spacial score (nSPS) is 21.4. The highest BCUT2D eigenvalue weighted by Gasteiger charge is 2.24. The fourth-order valence-corrected chi connectivity index (χ4v) is 3.26. The zero-order valence-corrected chi connectivity index (χ0v) is 14.2. The van der Waals surface area contributed by atoms with Crippen molar-refractivity contribution in [2.24, 2.45) is 5.92 Å². The summed E-state index contributed by atoms with van der Waals surface area (Å²) in [5.41, 5.74) is 1.24. The molecule has 1 aliphatic carbocycles. The van der Waals surface area contributed by atoms with Gasteiger partial charge in [-0.1, -0.05) is 19.1 Å². The molecule has 3 rings (SSSR count). The van der Waals surface area contributed by atoms with E-state index in [1.807, 2.05) is 12.1 Å². The molecule has 1 N–H and O–H groups in total. The Kier molecular flexibility index (Phi) is 6.66. The SMILES string of the molecule is CC(CN1CCC(NCC2CC2)CC1)c1ccc(F)cc1.Cl. The van der Waals surface area contributed by atoms with E-state index in [-0.39, 0.29) is 18.2 Å². The van der Waals surface area contributed by atoms with Crippen molar-refractivity contribution < 1.29 is 4.39 Å². The van der Waals surface area contributed by atoms with E-state index in [0.717, 1.165) is 18.5 Å². The van der Waals surface area contributed by atoms with Gasteiger partial charge in [0.2, 0.25) is 0 Å². The van der Waals surface area contributed by atoms with Gasteiger partial charge in [0.05, 0.1) is 0 Å². The Bertz CT molecular complexity index is 439. The number of halogens is 2. The van der Waals surface area contributed by atoms with Gasteiger partial charge in [-0.15, -0.1) is 12.4 Å². The number of rotatable bonds is 6. The van der Waals surface area contributed by atoms with Crippen molar-refractivity contribution in [3.63, 3.8) is 0 Å². The van der Waals surface area contributed by atoms with Crippen molar-refractivity contribution >= 4 is 12.4 Å². The van der Waals surface area contributed by atoms with Gasteiger partial charge in [-0.05, 0) is 74.8 Å². The lowest BCUT2D eigenvalue weighted by molar-refractivity contribution is 0.189. The summed E-state index contributed by atoms with van der Waals surface area (Å²) in [6.45, 7) is 6.93. The first kappa shape index (κ1) is 17.7. The summed E-state index contributed by atoms with van der Waals surface area (Å²) in [4.78, 5) is 2.56. The lowest BCUT2D eigenvalue weighted by Gasteiger charge is -2.34. The Morgan fingerprint density at radius 2 is 1.77 bits per heavy atom. The summed E-state index contributed by atoms with van der Waals surface area (Å²) in [7, 11) is 0. The Hall–Kier alpha value is -0.640. The first-order valence-corrected chi connectivity index (χ1v) is 8.42. The van der Waals surface area contributed by atoms with Crippen molar-refractivity contribution in [1.82, 2.24) is 10.2 Å². The van der Waals surface area contributed by atoms with Crippen LogP contribution < -0.4 is 5.32 Å². The third-order valence-corrected chi connectivity index (χ3v) is 4.95. The van der Waals surface area contributed by atoms with Gasteiger partial charge in [-0.3, -0.25) is 0 Å². The van der Waals surface area contributed by atoms with Gasteiger partial charge in [-0.2, -0.15) is 0 Å². The maximum atomic E-state index is 13.0. The van der Waals surface area contributed by atoms with Crippen LogP contribution in [0.5, 0.6) is 0 Å². The lowest BCUT2D eigenvalue weighted by atomic mass is 9.98. The maximum Gasteiger partial charge on any atom is 0.123 e. The molecule has 1 aromatic carbocycles. The van der Waals surface area contributed by atoms with Crippen LogP contribution in [0, 0.1) is 11.7 Å². The molecule has 2 nitrogen and oxygen atoms in total. The van der Waals surface area contributed by atoms with E-state index < -0.39 is 0 Å². The Labute approximate surface area is 139 Å². The van der Waals surface area contributed by atoms with E-state index in [4.69, 9.17) is 0 Å². The predicted molar refractivity (Wildman–Crippen MR) is 92.3 cm³/mol. The van der Waals surface area contributed by atoms with Crippen LogP contribution in [-0.4, -0.2) is 37.1 Å². The second kappa shape index (κ2) is 8.28. The monoisotopic (exact) mass is 326 g/mol. The Morgan fingerprint density at radius 3 is 2.36 bits per heavy atom. The van der Waals surface area contributed by atoms with E-state index in [9.17, 15) is 4.39 Å². The zero-order chi connectivity index (χ0) is 14.7. The molecule has 0 amide bonds.